The summed E-state index contributed by atoms with van der Waals surface area (Å²) in [4.78, 5) is 12.1. The Morgan fingerprint density at radius 1 is 1.32 bits per heavy atom. The number of amides is 1. The fourth-order valence-corrected chi connectivity index (χ4v) is 3.24. The number of nitrogens with two attached hydrogens (primary N) is 1. The topological polar surface area (TPSA) is 55.1 Å². The zero-order chi connectivity index (χ0) is 14.4. The summed E-state index contributed by atoms with van der Waals surface area (Å²) in [6.07, 6.45) is 5.30. The molecule has 0 radical (unpaired) electrons. The Hall–Kier alpha value is -0.570. The van der Waals surface area contributed by atoms with Gasteiger partial charge in [-0.2, -0.15) is 0 Å². The summed E-state index contributed by atoms with van der Waals surface area (Å²) in [5.41, 5.74) is 5.77. The minimum atomic E-state index is 0.196. The number of rotatable bonds is 6. The molecule has 1 aliphatic rings. The molecule has 19 heavy (non-hydrogen) atoms. The Morgan fingerprint density at radius 3 is 2.58 bits per heavy atom. The van der Waals surface area contributed by atoms with Crippen molar-refractivity contribution in [3.8, 4) is 0 Å². The van der Waals surface area contributed by atoms with Gasteiger partial charge in [0, 0.05) is 12.5 Å². The normalized spacial score (nSPS) is 29.3. The van der Waals surface area contributed by atoms with E-state index in [0.29, 0.717) is 36.8 Å². The second-order valence-corrected chi connectivity index (χ2v) is 6.88. The highest BCUT2D eigenvalue weighted by Gasteiger charge is 2.28. The maximum absolute atomic E-state index is 12.1. The van der Waals surface area contributed by atoms with E-state index >= 15 is 0 Å². The average Bonchev–Trinajstić information content (AvgIpc) is 2.33. The van der Waals surface area contributed by atoms with E-state index in [1.54, 1.807) is 0 Å². The van der Waals surface area contributed by atoms with Crippen molar-refractivity contribution in [2.24, 2.45) is 29.4 Å². The van der Waals surface area contributed by atoms with Crippen LogP contribution in [0.4, 0.5) is 0 Å². The van der Waals surface area contributed by atoms with E-state index in [4.69, 9.17) is 5.73 Å². The summed E-state index contributed by atoms with van der Waals surface area (Å²) in [6, 6.07) is 0.369. The molecule has 4 atom stereocenters. The number of hydrogen-bond acceptors (Lipinski definition) is 2. The fourth-order valence-electron chi connectivity index (χ4n) is 3.24. The second-order valence-electron chi connectivity index (χ2n) is 6.88. The third-order valence-corrected chi connectivity index (χ3v) is 4.67. The van der Waals surface area contributed by atoms with Gasteiger partial charge < -0.3 is 11.1 Å². The Morgan fingerprint density at radius 2 is 2.00 bits per heavy atom. The SMILES string of the molecule is CC(C)C[C@H](CN)CC(=O)NC1CCCC(C)C1C. The molecule has 3 unspecified atom stereocenters. The molecule has 1 fully saturated rings. The first kappa shape index (κ1) is 16.5. The summed E-state index contributed by atoms with van der Waals surface area (Å²) >= 11 is 0. The molecule has 0 aromatic rings. The minimum Gasteiger partial charge on any atom is -0.353 e. The van der Waals surface area contributed by atoms with Gasteiger partial charge in [-0.3, -0.25) is 4.79 Å². The van der Waals surface area contributed by atoms with Gasteiger partial charge in [0.05, 0.1) is 0 Å². The van der Waals surface area contributed by atoms with E-state index in [1.165, 1.54) is 12.8 Å². The van der Waals surface area contributed by atoms with Gasteiger partial charge in [0.1, 0.15) is 0 Å². The molecular weight excluding hydrogens is 236 g/mol. The third-order valence-electron chi connectivity index (χ3n) is 4.67. The van der Waals surface area contributed by atoms with Gasteiger partial charge in [-0.25, -0.2) is 0 Å². The quantitative estimate of drug-likeness (QED) is 0.778. The van der Waals surface area contributed by atoms with Crippen molar-refractivity contribution in [3.05, 3.63) is 0 Å². The average molecular weight is 268 g/mol. The Kier molecular flexibility index (Phi) is 6.84. The highest BCUT2D eigenvalue weighted by molar-refractivity contribution is 5.76. The molecule has 3 heteroatoms. The van der Waals surface area contributed by atoms with Crippen LogP contribution in [-0.4, -0.2) is 18.5 Å². The van der Waals surface area contributed by atoms with Crippen molar-refractivity contribution in [3.63, 3.8) is 0 Å². The molecular formula is C16H32N2O. The molecule has 0 aromatic heterocycles. The van der Waals surface area contributed by atoms with Crippen molar-refractivity contribution in [1.29, 1.82) is 0 Å². The van der Waals surface area contributed by atoms with E-state index in [0.717, 1.165) is 18.8 Å². The minimum absolute atomic E-state index is 0.196. The Balaban J connectivity index is 2.41. The van der Waals surface area contributed by atoms with Gasteiger partial charge in [-0.1, -0.05) is 40.5 Å². The van der Waals surface area contributed by atoms with Gasteiger partial charge >= 0.3 is 0 Å². The first-order valence-corrected chi connectivity index (χ1v) is 7.93. The smallest absolute Gasteiger partial charge is 0.220 e. The van der Waals surface area contributed by atoms with Crippen LogP contribution in [0.15, 0.2) is 0 Å². The molecule has 0 bridgehead atoms. The molecule has 0 aromatic carbocycles. The van der Waals surface area contributed by atoms with Crippen molar-refractivity contribution >= 4 is 5.91 Å². The lowest BCUT2D eigenvalue weighted by Gasteiger charge is -2.35. The number of carbonyl (C=O) groups is 1. The maximum atomic E-state index is 12.1. The zero-order valence-corrected chi connectivity index (χ0v) is 13.1. The summed E-state index contributed by atoms with van der Waals surface area (Å²) < 4.78 is 0. The van der Waals surface area contributed by atoms with Crippen LogP contribution < -0.4 is 11.1 Å². The predicted molar refractivity (Wildman–Crippen MR) is 80.7 cm³/mol. The Labute approximate surface area is 118 Å². The van der Waals surface area contributed by atoms with Crippen molar-refractivity contribution in [1.82, 2.24) is 5.32 Å². The Bertz CT molecular complexity index is 278. The van der Waals surface area contributed by atoms with Crippen molar-refractivity contribution in [2.45, 2.75) is 65.8 Å². The first-order chi connectivity index (χ1) is 8.93. The molecule has 3 nitrogen and oxygen atoms in total. The highest BCUT2D eigenvalue weighted by Crippen LogP contribution is 2.29. The van der Waals surface area contributed by atoms with Crippen LogP contribution in [0, 0.1) is 23.7 Å². The summed E-state index contributed by atoms with van der Waals surface area (Å²) in [5.74, 6) is 2.45. The largest absolute Gasteiger partial charge is 0.353 e. The second kappa shape index (κ2) is 7.88. The summed E-state index contributed by atoms with van der Waals surface area (Å²) in [7, 11) is 0. The lowest BCUT2D eigenvalue weighted by Crippen LogP contribution is -2.44. The van der Waals surface area contributed by atoms with Crippen LogP contribution >= 0.6 is 0 Å². The van der Waals surface area contributed by atoms with Crippen LogP contribution in [0.1, 0.15) is 59.8 Å². The molecule has 1 aliphatic carbocycles. The molecule has 0 spiro atoms. The standard InChI is InChI=1S/C16H32N2O/c1-11(2)8-14(10-17)9-16(19)18-15-7-5-6-12(3)13(15)4/h11-15H,5-10,17H2,1-4H3,(H,18,19)/t12?,13?,14-,15?/m0/s1. The summed E-state index contributed by atoms with van der Waals surface area (Å²) in [6.45, 7) is 9.55. The van der Waals surface area contributed by atoms with Crippen LogP contribution in [0.25, 0.3) is 0 Å². The van der Waals surface area contributed by atoms with Gasteiger partial charge in [0.2, 0.25) is 5.91 Å². The molecule has 1 rings (SSSR count). The van der Waals surface area contributed by atoms with Crippen molar-refractivity contribution in [2.75, 3.05) is 6.54 Å². The molecule has 112 valence electrons. The van der Waals surface area contributed by atoms with Crippen LogP contribution in [0.5, 0.6) is 0 Å². The predicted octanol–water partition coefficient (Wildman–Crippen LogP) is 2.94. The van der Waals surface area contributed by atoms with E-state index in [1.807, 2.05) is 0 Å². The van der Waals surface area contributed by atoms with Gasteiger partial charge in [-0.05, 0) is 43.1 Å². The van der Waals surface area contributed by atoms with E-state index in [-0.39, 0.29) is 5.91 Å². The van der Waals surface area contributed by atoms with Gasteiger partial charge in [0.25, 0.3) is 0 Å². The van der Waals surface area contributed by atoms with Crippen molar-refractivity contribution < 1.29 is 4.79 Å². The molecule has 0 aliphatic heterocycles. The molecule has 1 amide bonds. The lowest BCUT2D eigenvalue weighted by atomic mass is 9.78. The molecule has 0 saturated heterocycles. The van der Waals surface area contributed by atoms with Crippen LogP contribution in [-0.2, 0) is 4.79 Å². The van der Waals surface area contributed by atoms with Gasteiger partial charge in [0.15, 0.2) is 0 Å². The van der Waals surface area contributed by atoms with Crippen LogP contribution in [0.3, 0.4) is 0 Å². The lowest BCUT2D eigenvalue weighted by molar-refractivity contribution is -0.123. The maximum Gasteiger partial charge on any atom is 0.220 e. The van der Waals surface area contributed by atoms with Gasteiger partial charge in [-0.15, -0.1) is 0 Å². The zero-order valence-electron chi connectivity index (χ0n) is 13.1. The molecule has 0 heterocycles. The molecule has 3 N–H and O–H groups in total. The number of hydrogen-bond donors (Lipinski definition) is 2. The third kappa shape index (κ3) is 5.52. The monoisotopic (exact) mass is 268 g/mol. The highest BCUT2D eigenvalue weighted by atomic mass is 16.1. The number of carbonyl (C=O) groups excluding carboxylic acids is 1. The number of nitrogens with one attached hydrogen (secondary N) is 1. The summed E-state index contributed by atoms with van der Waals surface area (Å²) in [5, 5.41) is 3.24. The first-order valence-electron chi connectivity index (χ1n) is 7.93. The van der Waals surface area contributed by atoms with Crippen LogP contribution in [0.2, 0.25) is 0 Å². The van der Waals surface area contributed by atoms with E-state index in [9.17, 15) is 4.79 Å². The van der Waals surface area contributed by atoms with E-state index in [2.05, 4.69) is 33.0 Å². The van der Waals surface area contributed by atoms with E-state index < -0.39 is 0 Å². The fraction of sp³-hybridized carbons (Fsp3) is 0.938. The molecule has 1 saturated carbocycles.